The summed E-state index contributed by atoms with van der Waals surface area (Å²) < 4.78 is 0. The topological polar surface area (TPSA) is 0 Å². The van der Waals surface area contributed by atoms with Gasteiger partial charge < -0.3 is 0 Å². The molecule has 1 heteroatoms. The Labute approximate surface area is 78.2 Å². The van der Waals surface area contributed by atoms with E-state index in [4.69, 9.17) is 11.6 Å². The van der Waals surface area contributed by atoms with E-state index < -0.39 is 0 Å². The Morgan fingerprint density at radius 3 is 2.75 bits per heavy atom. The van der Waals surface area contributed by atoms with Gasteiger partial charge in [-0.3, -0.25) is 0 Å². The second-order valence-corrected chi connectivity index (χ2v) is 2.97. The van der Waals surface area contributed by atoms with Crippen molar-refractivity contribution in [1.82, 2.24) is 0 Å². The molecule has 0 saturated heterocycles. The van der Waals surface area contributed by atoms with E-state index >= 15 is 0 Å². The first-order valence-corrected chi connectivity index (χ1v) is 4.17. The number of halogens is 1. The third kappa shape index (κ3) is 1.99. The van der Waals surface area contributed by atoms with Crippen molar-refractivity contribution in [3.05, 3.63) is 53.1 Å². The Hall–Kier alpha value is -1.01. The van der Waals surface area contributed by atoms with E-state index in [0.29, 0.717) is 0 Å². The monoisotopic (exact) mass is 178 g/mol. The average Bonchev–Trinajstić information content (AvgIpc) is 2.04. The molecule has 62 valence electrons. The van der Waals surface area contributed by atoms with Gasteiger partial charge in [-0.1, -0.05) is 48.5 Å². The zero-order chi connectivity index (χ0) is 8.97. The van der Waals surface area contributed by atoms with Gasteiger partial charge in [-0.2, -0.15) is 0 Å². The number of aryl methyl sites for hydroxylation is 1. The highest BCUT2D eigenvalue weighted by Gasteiger charge is 1.97. The molecule has 0 aromatic heterocycles. The lowest BCUT2D eigenvalue weighted by molar-refractivity contribution is 1.44. The molecule has 0 aliphatic rings. The fraction of sp³-hybridized carbons (Fsp3) is 0.0909. The summed E-state index contributed by atoms with van der Waals surface area (Å²) in [7, 11) is 0. The van der Waals surface area contributed by atoms with Gasteiger partial charge >= 0.3 is 0 Å². The van der Waals surface area contributed by atoms with Crippen LogP contribution in [-0.2, 0) is 0 Å². The molecule has 1 aromatic carbocycles. The minimum atomic E-state index is 0.785. The summed E-state index contributed by atoms with van der Waals surface area (Å²) >= 11 is 5.98. The zero-order valence-electron chi connectivity index (χ0n) is 7.05. The van der Waals surface area contributed by atoms with Gasteiger partial charge in [0.05, 0.1) is 0 Å². The number of rotatable bonds is 2. The molecule has 0 spiro atoms. The van der Waals surface area contributed by atoms with E-state index in [0.717, 1.165) is 10.6 Å². The lowest BCUT2D eigenvalue weighted by Gasteiger charge is -2.01. The molecule has 1 aromatic rings. The largest absolute Gasteiger partial charge is 0.0991 e. The predicted molar refractivity (Wildman–Crippen MR) is 55.4 cm³/mol. The lowest BCUT2D eigenvalue weighted by Crippen LogP contribution is -1.80. The molecule has 0 aliphatic heterocycles. The van der Waals surface area contributed by atoms with Crippen LogP contribution in [0, 0.1) is 6.92 Å². The summed E-state index contributed by atoms with van der Waals surface area (Å²) in [5.41, 5.74) is 2.25. The molecule has 0 amide bonds. The first-order valence-electron chi connectivity index (χ1n) is 3.80. The van der Waals surface area contributed by atoms with E-state index in [2.05, 4.69) is 6.58 Å². The molecule has 0 aliphatic carbocycles. The van der Waals surface area contributed by atoms with E-state index in [1.807, 2.05) is 37.3 Å². The summed E-state index contributed by atoms with van der Waals surface area (Å²) in [6.45, 7) is 5.64. The van der Waals surface area contributed by atoms with Crippen LogP contribution in [0.4, 0.5) is 0 Å². The van der Waals surface area contributed by atoms with Crippen LogP contribution >= 0.6 is 11.6 Å². The molecule has 1 rings (SSSR count). The molecular formula is C11H11Cl. The molecular weight excluding hydrogens is 168 g/mol. The Balaban J connectivity index is 3.12. The van der Waals surface area contributed by atoms with Crippen LogP contribution < -0.4 is 0 Å². The smallest absolute Gasteiger partial charge is 0.0481 e. The Morgan fingerprint density at radius 2 is 2.17 bits per heavy atom. The fourth-order valence-corrected chi connectivity index (χ4v) is 1.30. The van der Waals surface area contributed by atoms with Crippen LogP contribution in [-0.4, -0.2) is 0 Å². The maximum Gasteiger partial charge on any atom is 0.0481 e. The minimum Gasteiger partial charge on any atom is -0.0991 e. The summed E-state index contributed by atoms with van der Waals surface area (Å²) in [6.07, 6.45) is 5.58. The van der Waals surface area contributed by atoms with Crippen LogP contribution in [0.25, 0.3) is 6.08 Å². The van der Waals surface area contributed by atoms with Crippen molar-refractivity contribution in [3.8, 4) is 0 Å². The van der Waals surface area contributed by atoms with E-state index in [-0.39, 0.29) is 0 Å². The molecule has 0 bridgehead atoms. The van der Waals surface area contributed by atoms with Crippen molar-refractivity contribution in [1.29, 1.82) is 0 Å². The fourth-order valence-electron chi connectivity index (χ4n) is 1.02. The van der Waals surface area contributed by atoms with Crippen LogP contribution in [0.1, 0.15) is 11.1 Å². The Bertz CT molecular complexity index is 291. The van der Waals surface area contributed by atoms with Gasteiger partial charge in [-0.15, -0.1) is 0 Å². The highest BCUT2D eigenvalue weighted by molar-refractivity contribution is 6.32. The molecule has 0 radical (unpaired) electrons. The summed E-state index contributed by atoms with van der Waals surface area (Å²) in [6, 6.07) is 5.87. The SMILES string of the molecule is C=C/C=C\c1c(C)cccc1Cl. The molecule has 0 atom stereocenters. The second kappa shape index (κ2) is 4.13. The van der Waals surface area contributed by atoms with Gasteiger partial charge in [0.1, 0.15) is 0 Å². The normalized spacial score (nSPS) is 10.5. The molecule has 12 heavy (non-hydrogen) atoms. The van der Waals surface area contributed by atoms with Crippen molar-refractivity contribution >= 4 is 17.7 Å². The van der Waals surface area contributed by atoms with Gasteiger partial charge in [0.25, 0.3) is 0 Å². The Morgan fingerprint density at radius 1 is 1.42 bits per heavy atom. The van der Waals surface area contributed by atoms with Crippen molar-refractivity contribution in [2.45, 2.75) is 6.92 Å². The van der Waals surface area contributed by atoms with E-state index in [1.54, 1.807) is 6.08 Å². The predicted octanol–water partition coefficient (Wildman–Crippen LogP) is 3.85. The number of allylic oxidation sites excluding steroid dienone is 2. The van der Waals surface area contributed by atoms with Crippen LogP contribution in [0.5, 0.6) is 0 Å². The number of hydrogen-bond donors (Lipinski definition) is 0. The average molecular weight is 179 g/mol. The molecule has 0 N–H and O–H groups in total. The maximum atomic E-state index is 5.98. The van der Waals surface area contributed by atoms with Crippen molar-refractivity contribution in [2.24, 2.45) is 0 Å². The quantitative estimate of drug-likeness (QED) is 0.604. The van der Waals surface area contributed by atoms with Gasteiger partial charge in [0.15, 0.2) is 0 Å². The van der Waals surface area contributed by atoms with Crippen LogP contribution in [0.2, 0.25) is 5.02 Å². The van der Waals surface area contributed by atoms with E-state index in [9.17, 15) is 0 Å². The first kappa shape index (κ1) is 9.08. The second-order valence-electron chi connectivity index (χ2n) is 2.57. The molecule has 0 nitrogen and oxygen atoms in total. The number of hydrogen-bond acceptors (Lipinski definition) is 0. The minimum absolute atomic E-state index is 0.785. The standard InChI is InChI=1S/C11H11Cl/c1-3-4-7-10-9(2)6-5-8-11(10)12/h3-8H,1H2,2H3/b7-4-. The highest BCUT2D eigenvalue weighted by atomic mass is 35.5. The van der Waals surface area contributed by atoms with Crippen LogP contribution in [0.3, 0.4) is 0 Å². The number of benzene rings is 1. The lowest BCUT2D eigenvalue weighted by atomic mass is 10.1. The van der Waals surface area contributed by atoms with E-state index in [1.165, 1.54) is 5.56 Å². The van der Waals surface area contributed by atoms with Crippen molar-refractivity contribution in [2.75, 3.05) is 0 Å². The maximum absolute atomic E-state index is 5.98. The third-order valence-electron chi connectivity index (χ3n) is 1.67. The Kier molecular flexibility index (Phi) is 3.12. The first-order chi connectivity index (χ1) is 5.75. The summed E-state index contributed by atoms with van der Waals surface area (Å²) in [4.78, 5) is 0. The van der Waals surface area contributed by atoms with Crippen molar-refractivity contribution in [3.63, 3.8) is 0 Å². The van der Waals surface area contributed by atoms with Crippen LogP contribution in [0.15, 0.2) is 36.9 Å². The molecule has 0 heterocycles. The van der Waals surface area contributed by atoms with Gasteiger partial charge in [-0.25, -0.2) is 0 Å². The van der Waals surface area contributed by atoms with Crippen molar-refractivity contribution < 1.29 is 0 Å². The third-order valence-corrected chi connectivity index (χ3v) is 2.00. The zero-order valence-corrected chi connectivity index (χ0v) is 7.81. The molecule has 0 fully saturated rings. The van der Waals surface area contributed by atoms with Gasteiger partial charge in [0, 0.05) is 5.02 Å². The summed E-state index contributed by atoms with van der Waals surface area (Å²) in [5, 5.41) is 0.785. The summed E-state index contributed by atoms with van der Waals surface area (Å²) in [5.74, 6) is 0. The molecule has 0 unspecified atom stereocenters. The highest BCUT2D eigenvalue weighted by Crippen LogP contribution is 2.20. The molecule has 0 saturated carbocycles. The van der Waals surface area contributed by atoms with Gasteiger partial charge in [-0.05, 0) is 24.1 Å². The van der Waals surface area contributed by atoms with Gasteiger partial charge in [0.2, 0.25) is 0 Å².